The lowest BCUT2D eigenvalue weighted by molar-refractivity contribution is -0.134. The first kappa shape index (κ1) is 10.6. The molecule has 1 heterocycles. The van der Waals surface area contributed by atoms with Crippen molar-refractivity contribution in [2.75, 3.05) is 13.1 Å². The number of carbonyl (C=O) groups excluding carboxylic acids is 1. The third kappa shape index (κ3) is 2.04. The molecule has 0 aromatic heterocycles. The Bertz CT molecular complexity index is 284. The molecular formula is C9H14N2O3. The van der Waals surface area contributed by atoms with E-state index in [1.54, 1.807) is 18.7 Å². The van der Waals surface area contributed by atoms with Crippen LogP contribution in [-0.2, 0) is 9.59 Å². The zero-order valence-electron chi connectivity index (χ0n) is 8.28. The van der Waals surface area contributed by atoms with E-state index in [1.165, 1.54) is 6.20 Å². The predicted molar refractivity (Wildman–Crippen MR) is 50.6 cm³/mol. The Balaban J connectivity index is 2.77. The van der Waals surface area contributed by atoms with Crippen molar-refractivity contribution in [3.05, 3.63) is 12.3 Å². The quantitative estimate of drug-likeness (QED) is 0.603. The number of carboxylic acids is 1. The van der Waals surface area contributed by atoms with Crippen LogP contribution >= 0.6 is 0 Å². The van der Waals surface area contributed by atoms with Gasteiger partial charge in [0.2, 0.25) is 5.91 Å². The van der Waals surface area contributed by atoms with Gasteiger partial charge in [-0.15, -0.1) is 0 Å². The third-order valence-corrected chi connectivity index (χ3v) is 2.31. The molecule has 1 saturated heterocycles. The molecule has 0 atom stereocenters. The van der Waals surface area contributed by atoms with Gasteiger partial charge in [0, 0.05) is 25.4 Å². The molecule has 0 aromatic carbocycles. The molecule has 14 heavy (non-hydrogen) atoms. The number of rotatable bonds is 2. The van der Waals surface area contributed by atoms with Crippen LogP contribution in [0.15, 0.2) is 12.3 Å². The molecule has 1 aliphatic heterocycles. The second kappa shape index (κ2) is 3.69. The van der Waals surface area contributed by atoms with Crippen molar-refractivity contribution < 1.29 is 14.7 Å². The van der Waals surface area contributed by atoms with E-state index < -0.39 is 11.5 Å². The number of nitrogens with zero attached hydrogens (tertiary/aromatic N) is 1. The minimum Gasteiger partial charge on any atom is -0.478 e. The summed E-state index contributed by atoms with van der Waals surface area (Å²) in [6.07, 6.45) is 2.49. The Morgan fingerprint density at radius 1 is 1.64 bits per heavy atom. The lowest BCUT2D eigenvalue weighted by atomic mass is 10.00. The molecule has 0 aliphatic carbocycles. The van der Waals surface area contributed by atoms with Gasteiger partial charge in [-0.1, -0.05) is 0 Å². The normalized spacial score (nSPS) is 21.0. The summed E-state index contributed by atoms with van der Waals surface area (Å²) in [6.45, 7) is 4.69. The number of hydrogen-bond acceptors (Lipinski definition) is 3. The van der Waals surface area contributed by atoms with Gasteiger partial charge in [-0.3, -0.25) is 4.79 Å². The molecule has 1 amide bonds. The molecule has 1 fully saturated rings. The fraction of sp³-hybridized carbons (Fsp3) is 0.556. The van der Waals surface area contributed by atoms with Crippen LogP contribution < -0.4 is 5.32 Å². The maximum Gasteiger partial charge on any atom is 0.329 e. The Morgan fingerprint density at radius 2 is 2.29 bits per heavy atom. The van der Waals surface area contributed by atoms with Gasteiger partial charge in [0.25, 0.3) is 0 Å². The molecule has 78 valence electrons. The summed E-state index contributed by atoms with van der Waals surface area (Å²) in [7, 11) is 0. The lowest BCUT2D eigenvalue weighted by Gasteiger charge is -2.40. The maximum absolute atomic E-state index is 11.4. The van der Waals surface area contributed by atoms with E-state index in [1.807, 2.05) is 0 Å². The van der Waals surface area contributed by atoms with E-state index in [-0.39, 0.29) is 5.91 Å². The predicted octanol–water partition coefficient (Wildman–Crippen LogP) is -0.205. The first-order valence-corrected chi connectivity index (χ1v) is 4.41. The second-order valence-corrected chi connectivity index (χ2v) is 3.66. The third-order valence-electron chi connectivity index (χ3n) is 2.31. The van der Waals surface area contributed by atoms with Crippen molar-refractivity contribution in [2.45, 2.75) is 19.4 Å². The molecule has 1 rings (SSSR count). The fourth-order valence-electron chi connectivity index (χ4n) is 1.33. The van der Waals surface area contributed by atoms with E-state index in [0.717, 1.165) is 6.08 Å². The summed E-state index contributed by atoms with van der Waals surface area (Å²) < 4.78 is 0. The number of aliphatic carboxylic acids is 1. The minimum atomic E-state index is -1.01. The van der Waals surface area contributed by atoms with Gasteiger partial charge < -0.3 is 15.3 Å². The molecule has 0 unspecified atom stereocenters. The summed E-state index contributed by atoms with van der Waals surface area (Å²) in [5.41, 5.74) is -0.676. The van der Waals surface area contributed by atoms with Gasteiger partial charge in [-0.05, 0) is 13.8 Å². The molecule has 5 nitrogen and oxygen atoms in total. The summed E-state index contributed by atoms with van der Waals surface area (Å²) >= 11 is 0. The molecular weight excluding hydrogens is 184 g/mol. The Hall–Kier alpha value is -1.52. The van der Waals surface area contributed by atoms with Crippen LogP contribution in [0.2, 0.25) is 0 Å². The molecule has 0 spiro atoms. The van der Waals surface area contributed by atoms with E-state index in [4.69, 9.17) is 5.11 Å². The summed E-state index contributed by atoms with van der Waals surface area (Å²) in [5, 5.41) is 11.2. The van der Waals surface area contributed by atoms with Crippen molar-refractivity contribution >= 4 is 11.9 Å². The Kier molecular flexibility index (Phi) is 2.78. The number of carbonyl (C=O) groups is 2. The van der Waals surface area contributed by atoms with Crippen LogP contribution in [0.1, 0.15) is 13.8 Å². The zero-order valence-corrected chi connectivity index (χ0v) is 8.28. The number of carboxylic acid groups (broad SMARTS) is 1. The SMILES string of the molecule is CC1(C)C(=O)NCCN1/C=C/C(=O)O. The molecule has 0 aromatic rings. The lowest BCUT2D eigenvalue weighted by Crippen LogP contribution is -2.59. The zero-order chi connectivity index (χ0) is 10.8. The van der Waals surface area contributed by atoms with Gasteiger partial charge in [0.15, 0.2) is 0 Å². The van der Waals surface area contributed by atoms with Crippen molar-refractivity contribution in [2.24, 2.45) is 0 Å². The first-order chi connectivity index (χ1) is 6.44. The maximum atomic E-state index is 11.4. The fourth-order valence-corrected chi connectivity index (χ4v) is 1.33. The minimum absolute atomic E-state index is 0.0845. The number of piperazine rings is 1. The highest BCUT2D eigenvalue weighted by Crippen LogP contribution is 2.17. The number of hydrogen-bond donors (Lipinski definition) is 2. The van der Waals surface area contributed by atoms with E-state index in [0.29, 0.717) is 13.1 Å². The van der Waals surface area contributed by atoms with Gasteiger partial charge in [0.1, 0.15) is 5.54 Å². The molecule has 5 heteroatoms. The van der Waals surface area contributed by atoms with Gasteiger partial charge in [-0.25, -0.2) is 4.79 Å². The van der Waals surface area contributed by atoms with Crippen LogP contribution in [-0.4, -0.2) is 40.5 Å². The number of nitrogens with one attached hydrogen (secondary N) is 1. The standard InChI is InChI=1S/C9H14N2O3/c1-9(2)8(14)10-4-6-11(9)5-3-7(12)13/h3,5H,4,6H2,1-2H3,(H,10,14)(H,12,13)/b5-3+. The van der Waals surface area contributed by atoms with Crippen LogP contribution in [0.4, 0.5) is 0 Å². The Morgan fingerprint density at radius 3 is 2.86 bits per heavy atom. The molecule has 0 saturated carbocycles. The largest absolute Gasteiger partial charge is 0.478 e. The topological polar surface area (TPSA) is 69.6 Å². The van der Waals surface area contributed by atoms with Crippen LogP contribution in [0.3, 0.4) is 0 Å². The smallest absolute Gasteiger partial charge is 0.329 e. The van der Waals surface area contributed by atoms with Crippen LogP contribution in [0, 0.1) is 0 Å². The van der Waals surface area contributed by atoms with Crippen molar-refractivity contribution in [1.82, 2.24) is 10.2 Å². The van der Waals surface area contributed by atoms with E-state index in [9.17, 15) is 9.59 Å². The summed E-state index contributed by atoms with van der Waals surface area (Å²) in [6, 6.07) is 0. The Labute approximate surface area is 82.4 Å². The monoisotopic (exact) mass is 198 g/mol. The molecule has 0 radical (unpaired) electrons. The molecule has 0 bridgehead atoms. The van der Waals surface area contributed by atoms with Crippen LogP contribution in [0.25, 0.3) is 0 Å². The van der Waals surface area contributed by atoms with E-state index in [2.05, 4.69) is 5.32 Å². The highest BCUT2D eigenvalue weighted by molar-refractivity contribution is 5.86. The van der Waals surface area contributed by atoms with Gasteiger partial charge in [0.05, 0.1) is 0 Å². The van der Waals surface area contributed by atoms with Crippen LogP contribution in [0.5, 0.6) is 0 Å². The van der Waals surface area contributed by atoms with Crippen molar-refractivity contribution in [1.29, 1.82) is 0 Å². The average molecular weight is 198 g/mol. The number of amides is 1. The summed E-state index contributed by atoms with van der Waals surface area (Å²) in [5.74, 6) is -1.09. The summed E-state index contributed by atoms with van der Waals surface area (Å²) in [4.78, 5) is 23.5. The van der Waals surface area contributed by atoms with Crippen molar-refractivity contribution in [3.8, 4) is 0 Å². The molecule has 1 aliphatic rings. The van der Waals surface area contributed by atoms with Gasteiger partial charge >= 0.3 is 5.97 Å². The average Bonchev–Trinajstić information content (AvgIpc) is 2.07. The highest BCUT2D eigenvalue weighted by Gasteiger charge is 2.35. The first-order valence-electron chi connectivity index (χ1n) is 4.41. The highest BCUT2D eigenvalue weighted by atomic mass is 16.4. The van der Waals surface area contributed by atoms with Crippen molar-refractivity contribution in [3.63, 3.8) is 0 Å². The van der Waals surface area contributed by atoms with E-state index >= 15 is 0 Å². The van der Waals surface area contributed by atoms with Gasteiger partial charge in [-0.2, -0.15) is 0 Å². The molecule has 2 N–H and O–H groups in total. The second-order valence-electron chi connectivity index (χ2n) is 3.66.